The van der Waals surface area contributed by atoms with Crippen molar-refractivity contribution in [3.63, 3.8) is 0 Å². The van der Waals surface area contributed by atoms with Gasteiger partial charge < -0.3 is 4.90 Å². The van der Waals surface area contributed by atoms with Crippen LogP contribution in [0.5, 0.6) is 0 Å². The van der Waals surface area contributed by atoms with Gasteiger partial charge in [-0.25, -0.2) is 4.68 Å². The first-order valence-corrected chi connectivity index (χ1v) is 9.67. The zero-order valence-electron chi connectivity index (χ0n) is 15.1. The van der Waals surface area contributed by atoms with Gasteiger partial charge in [-0.2, -0.15) is 18.3 Å². The molecule has 150 valence electrons. The van der Waals surface area contributed by atoms with E-state index in [0.29, 0.717) is 18.1 Å². The number of hydrogen-bond acceptors (Lipinski definition) is 3. The second-order valence-corrected chi connectivity index (χ2v) is 7.67. The van der Waals surface area contributed by atoms with Gasteiger partial charge in [-0.3, -0.25) is 9.69 Å². The van der Waals surface area contributed by atoms with Crippen LogP contribution in [-0.2, 0) is 6.18 Å². The first-order chi connectivity index (χ1) is 13.3. The van der Waals surface area contributed by atoms with Gasteiger partial charge in [0.05, 0.1) is 17.4 Å². The number of likely N-dealkylation sites (tertiary alicyclic amines) is 2. The van der Waals surface area contributed by atoms with Crippen LogP contribution < -0.4 is 0 Å². The summed E-state index contributed by atoms with van der Waals surface area (Å²) in [5.41, 5.74) is -1.32. The first-order valence-electron chi connectivity index (χ1n) is 9.29. The lowest BCUT2D eigenvalue weighted by Gasteiger charge is -2.23. The highest BCUT2D eigenvalue weighted by Crippen LogP contribution is 2.35. The van der Waals surface area contributed by atoms with Gasteiger partial charge in [0.1, 0.15) is 0 Å². The quantitative estimate of drug-likeness (QED) is 0.768. The highest BCUT2D eigenvalue weighted by atomic mass is 35.5. The van der Waals surface area contributed by atoms with Crippen molar-refractivity contribution in [3.05, 3.63) is 46.7 Å². The van der Waals surface area contributed by atoms with Crippen LogP contribution in [-0.4, -0.2) is 57.7 Å². The van der Waals surface area contributed by atoms with Gasteiger partial charge in [0.25, 0.3) is 5.91 Å². The Labute approximate surface area is 165 Å². The topological polar surface area (TPSA) is 41.4 Å². The van der Waals surface area contributed by atoms with E-state index in [2.05, 4.69) is 10.00 Å². The summed E-state index contributed by atoms with van der Waals surface area (Å²) in [7, 11) is 0. The number of halogens is 4. The Balaban J connectivity index is 1.63. The molecule has 3 heterocycles. The highest BCUT2D eigenvalue weighted by Gasteiger charge is 2.42. The molecule has 28 heavy (non-hydrogen) atoms. The third kappa shape index (κ3) is 3.63. The molecule has 0 bridgehead atoms. The maximum Gasteiger partial charge on any atom is 0.434 e. The van der Waals surface area contributed by atoms with Crippen LogP contribution in [0.2, 0.25) is 5.02 Å². The summed E-state index contributed by atoms with van der Waals surface area (Å²) >= 11 is 5.91. The highest BCUT2D eigenvalue weighted by molar-refractivity contribution is 6.30. The number of hydrogen-bond donors (Lipinski definition) is 0. The number of benzene rings is 1. The molecule has 0 aliphatic carbocycles. The minimum absolute atomic E-state index is 0.162. The average molecular weight is 413 g/mol. The molecule has 0 spiro atoms. The molecule has 1 atom stereocenters. The van der Waals surface area contributed by atoms with Crippen LogP contribution in [0.15, 0.2) is 30.5 Å². The number of rotatable bonds is 3. The summed E-state index contributed by atoms with van der Waals surface area (Å²) in [4.78, 5) is 16.8. The Morgan fingerprint density at radius 1 is 1.18 bits per heavy atom. The fraction of sp³-hybridized carbons (Fsp3) is 0.474. The average Bonchev–Trinajstić information content (AvgIpc) is 3.39. The van der Waals surface area contributed by atoms with E-state index >= 15 is 0 Å². The molecular formula is C19H20ClF3N4O. The van der Waals surface area contributed by atoms with Gasteiger partial charge in [-0.15, -0.1) is 0 Å². The fourth-order valence-electron chi connectivity index (χ4n) is 4.08. The van der Waals surface area contributed by atoms with Crippen molar-refractivity contribution < 1.29 is 18.0 Å². The van der Waals surface area contributed by atoms with Crippen LogP contribution in [0.1, 0.15) is 35.3 Å². The molecule has 5 nitrogen and oxygen atoms in total. The molecule has 2 saturated heterocycles. The van der Waals surface area contributed by atoms with Gasteiger partial charge in [0, 0.05) is 24.2 Å². The molecule has 2 aliphatic rings. The zero-order chi connectivity index (χ0) is 19.9. The van der Waals surface area contributed by atoms with Crippen LogP contribution in [0.4, 0.5) is 13.2 Å². The Bertz CT molecular complexity index is 876. The Hall–Kier alpha value is -2.06. The van der Waals surface area contributed by atoms with Crippen molar-refractivity contribution in [2.75, 3.05) is 26.2 Å². The van der Waals surface area contributed by atoms with Crippen LogP contribution >= 0.6 is 11.6 Å². The summed E-state index contributed by atoms with van der Waals surface area (Å²) < 4.78 is 42.2. The molecule has 1 aromatic heterocycles. The first kappa shape index (κ1) is 19.3. The molecule has 9 heteroatoms. The lowest BCUT2D eigenvalue weighted by atomic mass is 10.2. The maximum absolute atomic E-state index is 13.8. The largest absolute Gasteiger partial charge is 0.434 e. The van der Waals surface area contributed by atoms with E-state index in [9.17, 15) is 18.0 Å². The van der Waals surface area contributed by atoms with Gasteiger partial charge in [0.2, 0.25) is 0 Å². The number of carbonyl (C=O) groups is 1. The molecule has 2 aliphatic heterocycles. The number of aromatic nitrogens is 2. The smallest absolute Gasteiger partial charge is 0.337 e. The standard InChI is InChI=1S/C19H20ClF3N4O/c20-13-4-3-5-14(10-13)27-17(19(21,22)23)16(11-24-27)18(28)26-9-6-15(12-26)25-7-1-2-8-25/h3-5,10-11,15H,1-2,6-9,12H2/t15-/m1/s1. The van der Waals surface area contributed by atoms with Crippen LogP contribution in [0.3, 0.4) is 0 Å². The van der Waals surface area contributed by atoms with Gasteiger partial charge in [0.15, 0.2) is 5.69 Å². The van der Waals surface area contributed by atoms with E-state index in [0.717, 1.165) is 43.2 Å². The minimum atomic E-state index is -4.72. The zero-order valence-corrected chi connectivity index (χ0v) is 15.9. The number of nitrogens with zero attached hydrogens (tertiary/aromatic N) is 4. The Morgan fingerprint density at radius 2 is 1.93 bits per heavy atom. The molecule has 2 fully saturated rings. The predicted molar refractivity (Wildman–Crippen MR) is 98.7 cm³/mol. The molecule has 2 aromatic rings. The van der Waals surface area contributed by atoms with E-state index < -0.39 is 23.3 Å². The monoisotopic (exact) mass is 412 g/mol. The molecule has 0 N–H and O–H groups in total. The lowest BCUT2D eigenvalue weighted by Crippen LogP contribution is -2.37. The van der Waals surface area contributed by atoms with Crippen molar-refractivity contribution in [1.29, 1.82) is 0 Å². The predicted octanol–water partition coefficient (Wildman–Crippen LogP) is 3.85. The molecular weight excluding hydrogens is 393 g/mol. The van der Waals surface area contributed by atoms with E-state index in [1.165, 1.54) is 17.0 Å². The van der Waals surface area contributed by atoms with Crippen LogP contribution in [0.25, 0.3) is 5.69 Å². The van der Waals surface area contributed by atoms with Crippen molar-refractivity contribution in [1.82, 2.24) is 19.6 Å². The van der Waals surface area contributed by atoms with E-state index in [4.69, 9.17) is 11.6 Å². The van der Waals surface area contributed by atoms with Gasteiger partial charge in [-0.1, -0.05) is 17.7 Å². The molecule has 4 rings (SSSR count). The summed E-state index contributed by atoms with van der Waals surface area (Å²) in [6, 6.07) is 6.20. The normalized spacial score (nSPS) is 20.9. The third-order valence-corrected chi connectivity index (χ3v) is 5.66. The van der Waals surface area contributed by atoms with Crippen molar-refractivity contribution in [2.24, 2.45) is 0 Å². The fourth-order valence-corrected chi connectivity index (χ4v) is 4.27. The van der Waals surface area contributed by atoms with Gasteiger partial charge >= 0.3 is 6.18 Å². The molecule has 0 unspecified atom stereocenters. The van der Waals surface area contributed by atoms with E-state index in [-0.39, 0.29) is 11.7 Å². The molecule has 1 aromatic carbocycles. The second-order valence-electron chi connectivity index (χ2n) is 7.23. The van der Waals surface area contributed by atoms with E-state index in [1.807, 2.05) is 0 Å². The van der Waals surface area contributed by atoms with Gasteiger partial charge in [-0.05, 0) is 50.6 Å². The van der Waals surface area contributed by atoms with Crippen LogP contribution in [0, 0.1) is 0 Å². The number of carbonyl (C=O) groups excluding carboxylic acids is 1. The lowest BCUT2D eigenvalue weighted by molar-refractivity contribution is -0.143. The summed E-state index contributed by atoms with van der Waals surface area (Å²) in [5, 5.41) is 4.16. The van der Waals surface area contributed by atoms with Crippen molar-refractivity contribution in [2.45, 2.75) is 31.5 Å². The minimum Gasteiger partial charge on any atom is -0.337 e. The van der Waals surface area contributed by atoms with Crippen molar-refractivity contribution >= 4 is 17.5 Å². The number of alkyl halides is 3. The molecule has 0 saturated carbocycles. The second kappa shape index (κ2) is 7.40. The summed E-state index contributed by atoms with van der Waals surface area (Å²) in [6.45, 7) is 2.90. The third-order valence-electron chi connectivity index (χ3n) is 5.43. The van der Waals surface area contributed by atoms with E-state index in [1.54, 1.807) is 12.1 Å². The summed E-state index contributed by atoms with van der Waals surface area (Å²) in [5.74, 6) is -0.623. The SMILES string of the molecule is O=C(c1cnn(-c2cccc(Cl)c2)c1C(F)(F)F)N1CC[C@@H](N2CCCC2)C1. The maximum atomic E-state index is 13.8. The molecule has 1 amide bonds. The Morgan fingerprint density at radius 3 is 2.61 bits per heavy atom. The van der Waals surface area contributed by atoms with Crippen molar-refractivity contribution in [3.8, 4) is 5.69 Å². The molecule has 0 radical (unpaired) electrons. The summed E-state index contributed by atoms with van der Waals surface area (Å²) in [6.07, 6.45) is -0.660. The number of amides is 1. The Kier molecular flexibility index (Phi) is 5.09.